The molecular weight excluding hydrogens is 436 g/mol. The number of benzene rings is 2. The summed E-state index contributed by atoms with van der Waals surface area (Å²) in [6, 6.07) is 17.7. The lowest BCUT2D eigenvalue weighted by molar-refractivity contribution is -0.137. The molecular formula is C25H26N4O5. The van der Waals surface area contributed by atoms with Crippen molar-refractivity contribution in [3.63, 3.8) is 0 Å². The van der Waals surface area contributed by atoms with Crippen LogP contribution in [0.4, 0.5) is 10.6 Å². The highest BCUT2D eigenvalue weighted by Gasteiger charge is 2.29. The van der Waals surface area contributed by atoms with Gasteiger partial charge < -0.3 is 15.2 Å². The number of unbranched alkanes of at least 4 members (excludes halogenated alkanes) is 1. The van der Waals surface area contributed by atoms with Crippen molar-refractivity contribution < 1.29 is 24.2 Å². The maximum atomic E-state index is 12.5. The quantitative estimate of drug-likeness (QED) is 0.416. The number of hydrogen-bond donors (Lipinski definition) is 3. The minimum Gasteiger partial charge on any atom is -0.481 e. The lowest BCUT2D eigenvalue weighted by atomic mass is 9.98. The first-order valence-corrected chi connectivity index (χ1v) is 11.1. The van der Waals surface area contributed by atoms with Crippen molar-refractivity contribution >= 4 is 23.8 Å². The van der Waals surface area contributed by atoms with Gasteiger partial charge >= 0.3 is 12.1 Å². The van der Waals surface area contributed by atoms with Crippen LogP contribution in [0.5, 0.6) is 0 Å². The number of nitrogens with one attached hydrogen (secondary N) is 2. The second-order valence-electron chi connectivity index (χ2n) is 8.10. The Morgan fingerprint density at radius 1 is 1.03 bits per heavy atom. The second-order valence-corrected chi connectivity index (χ2v) is 8.10. The monoisotopic (exact) mass is 462 g/mol. The Labute approximate surface area is 196 Å². The Bertz CT molecular complexity index is 1170. The summed E-state index contributed by atoms with van der Waals surface area (Å²) in [6.07, 6.45) is 0.459. The number of carbonyl (C=O) groups is 3. The largest absolute Gasteiger partial charge is 0.481 e. The van der Waals surface area contributed by atoms with Crippen LogP contribution in [0.1, 0.15) is 46.8 Å². The summed E-state index contributed by atoms with van der Waals surface area (Å²) in [4.78, 5) is 35.3. The molecule has 3 aromatic rings. The van der Waals surface area contributed by atoms with Crippen LogP contribution in [0, 0.1) is 0 Å². The van der Waals surface area contributed by atoms with E-state index >= 15 is 0 Å². The van der Waals surface area contributed by atoms with Crippen molar-refractivity contribution in [2.75, 3.05) is 18.5 Å². The summed E-state index contributed by atoms with van der Waals surface area (Å²) < 4.78 is 6.93. The van der Waals surface area contributed by atoms with Crippen molar-refractivity contribution in [3.8, 4) is 11.1 Å². The summed E-state index contributed by atoms with van der Waals surface area (Å²) in [7, 11) is 1.61. The second kappa shape index (κ2) is 10.2. The van der Waals surface area contributed by atoms with Crippen molar-refractivity contribution in [1.29, 1.82) is 0 Å². The minimum atomic E-state index is -0.861. The maximum absolute atomic E-state index is 12.5. The van der Waals surface area contributed by atoms with Crippen LogP contribution in [0.25, 0.3) is 11.1 Å². The topological polar surface area (TPSA) is 123 Å². The maximum Gasteiger partial charge on any atom is 0.412 e. The Kier molecular flexibility index (Phi) is 6.91. The summed E-state index contributed by atoms with van der Waals surface area (Å²) in [5.74, 6) is -0.980. The van der Waals surface area contributed by atoms with E-state index in [1.165, 1.54) is 10.7 Å². The Morgan fingerprint density at radius 3 is 2.32 bits per heavy atom. The van der Waals surface area contributed by atoms with Gasteiger partial charge in [-0.25, -0.2) is 4.79 Å². The molecule has 0 saturated carbocycles. The van der Waals surface area contributed by atoms with Gasteiger partial charge in [0.2, 0.25) is 0 Å². The Hall–Kier alpha value is -4.14. The van der Waals surface area contributed by atoms with Crippen LogP contribution in [0.3, 0.4) is 0 Å². The van der Waals surface area contributed by atoms with E-state index in [0.29, 0.717) is 25.2 Å². The molecule has 1 aliphatic carbocycles. The molecule has 9 nitrogen and oxygen atoms in total. The number of ether oxygens (including phenoxy) is 1. The third kappa shape index (κ3) is 5.09. The van der Waals surface area contributed by atoms with E-state index in [4.69, 9.17) is 9.84 Å². The van der Waals surface area contributed by atoms with Gasteiger partial charge in [-0.1, -0.05) is 48.5 Å². The van der Waals surface area contributed by atoms with E-state index in [1.54, 1.807) is 7.05 Å². The van der Waals surface area contributed by atoms with Gasteiger partial charge in [0.15, 0.2) is 5.69 Å². The first kappa shape index (κ1) is 23.0. The van der Waals surface area contributed by atoms with Crippen molar-refractivity contribution in [3.05, 3.63) is 71.4 Å². The predicted molar refractivity (Wildman–Crippen MR) is 126 cm³/mol. The first-order chi connectivity index (χ1) is 16.4. The first-order valence-electron chi connectivity index (χ1n) is 11.1. The number of nitrogens with zero attached hydrogens (tertiary/aromatic N) is 2. The molecule has 0 atom stereocenters. The molecule has 2 aromatic carbocycles. The van der Waals surface area contributed by atoms with Crippen LogP contribution >= 0.6 is 0 Å². The number of aliphatic carboxylic acids is 1. The lowest BCUT2D eigenvalue weighted by Crippen LogP contribution is -2.25. The van der Waals surface area contributed by atoms with Crippen LogP contribution in [0.2, 0.25) is 0 Å². The number of aromatic nitrogens is 2. The number of anilines is 1. The molecule has 1 aliphatic rings. The number of carboxylic acid groups (broad SMARTS) is 1. The summed E-state index contributed by atoms with van der Waals surface area (Å²) in [5, 5.41) is 18.1. The molecule has 9 heteroatoms. The smallest absolute Gasteiger partial charge is 0.412 e. The zero-order valence-corrected chi connectivity index (χ0v) is 18.8. The molecule has 3 N–H and O–H groups in total. The van der Waals surface area contributed by atoms with Gasteiger partial charge in [-0.2, -0.15) is 5.10 Å². The zero-order chi connectivity index (χ0) is 24.1. The molecule has 0 unspecified atom stereocenters. The molecule has 34 heavy (non-hydrogen) atoms. The number of carboxylic acids is 1. The molecule has 0 bridgehead atoms. The fourth-order valence-corrected chi connectivity index (χ4v) is 4.13. The van der Waals surface area contributed by atoms with E-state index in [1.807, 2.05) is 24.3 Å². The molecule has 0 radical (unpaired) electrons. The van der Waals surface area contributed by atoms with E-state index < -0.39 is 18.0 Å². The average Bonchev–Trinajstić information content (AvgIpc) is 3.35. The molecule has 0 saturated heterocycles. The molecule has 1 heterocycles. The van der Waals surface area contributed by atoms with Crippen LogP contribution in [-0.2, 0) is 16.6 Å². The molecule has 0 spiro atoms. The van der Waals surface area contributed by atoms with Gasteiger partial charge in [-0.3, -0.25) is 19.6 Å². The van der Waals surface area contributed by atoms with Crippen LogP contribution in [0.15, 0.2) is 54.6 Å². The molecule has 1 aromatic heterocycles. The van der Waals surface area contributed by atoms with Gasteiger partial charge in [0.25, 0.3) is 5.91 Å². The Balaban J connectivity index is 1.32. The number of amides is 2. The van der Waals surface area contributed by atoms with Gasteiger partial charge in [0, 0.05) is 32.0 Å². The average molecular weight is 463 g/mol. The van der Waals surface area contributed by atoms with Crippen LogP contribution in [-0.4, -0.2) is 46.0 Å². The number of carbonyl (C=O) groups excluding carboxylic acids is 2. The lowest BCUT2D eigenvalue weighted by Gasteiger charge is -2.14. The normalized spacial score (nSPS) is 12.0. The molecule has 176 valence electrons. The van der Waals surface area contributed by atoms with Crippen molar-refractivity contribution in [1.82, 2.24) is 15.1 Å². The minimum absolute atomic E-state index is 0.0489. The van der Waals surface area contributed by atoms with E-state index in [-0.39, 0.29) is 24.6 Å². The number of hydrogen-bond acceptors (Lipinski definition) is 5. The van der Waals surface area contributed by atoms with Gasteiger partial charge in [-0.05, 0) is 35.1 Å². The van der Waals surface area contributed by atoms with Gasteiger partial charge in [-0.15, -0.1) is 0 Å². The highest BCUT2D eigenvalue weighted by molar-refractivity contribution is 5.94. The predicted octanol–water partition coefficient (Wildman–Crippen LogP) is 3.77. The SMILES string of the molecule is Cn1nc(C(=O)NCCCCC(=O)O)cc1NC(=O)OCC1c2ccccc2-c2ccccc21. The number of fused-ring (bicyclic) bond motifs is 3. The van der Waals surface area contributed by atoms with Gasteiger partial charge in [0.1, 0.15) is 12.4 Å². The standard InChI is InChI=1S/C25H26N4O5/c1-29-22(14-21(28-29)24(32)26-13-7-6-12-23(30)31)27-25(33)34-15-20-18-10-4-2-8-16(18)17-9-3-5-11-19(17)20/h2-5,8-11,14,20H,6-7,12-13,15H2,1H3,(H,26,32)(H,27,33)(H,30,31). The van der Waals surface area contributed by atoms with Gasteiger partial charge in [0.05, 0.1) is 0 Å². The highest BCUT2D eigenvalue weighted by atomic mass is 16.5. The van der Waals surface area contributed by atoms with E-state index in [2.05, 4.69) is 40.0 Å². The van der Waals surface area contributed by atoms with E-state index in [0.717, 1.165) is 22.3 Å². The third-order valence-electron chi connectivity index (χ3n) is 5.79. The fourth-order valence-electron chi connectivity index (χ4n) is 4.13. The molecule has 4 rings (SSSR count). The van der Waals surface area contributed by atoms with Crippen LogP contribution < -0.4 is 10.6 Å². The number of aryl methyl sites for hydroxylation is 1. The molecule has 0 aliphatic heterocycles. The fraction of sp³-hybridized carbons (Fsp3) is 0.280. The number of rotatable bonds is 9. The summed E-state index contributed by atoms with van der Waals surface area (Å²) >= 11 is 0. The highest BCUT2D eigenvalue weighted by Crippen LogP contribution is 2.44. The van der Waals surface area contributed by atoms with E-state index in [9.17, 15) is 14.4 Å². The molecule has 2 amide bonds. The molecule has 0 fully saturated rings. The summed E-state index contributed by atoms with van der Waals surface area (Å²) in [5.41, 5.74) is 4.70. The third-order valence-corrected chi connectivity index (χ3v) is 5.79. The van der Waals surface area contributed by atoms with Crippen molar-refractivity contribution in [2.45, 2.75) is 25.2 Å². The zero-order valence-electron chi connectivity index (χ0n) is 18.8. The Morgan fingerprint density at radius 2 is 1.68 bits per heavy atom. The van der Waals surface area contributed by atoms with Crippen molar-refractivity contribution in [2.24, 2.45) is 7.05 Å². The summed E-state index contributed by atoms with van der Waals surface area (Å²) in [6.45, 7) is 0.527.